The van der Waals surface area contributed by atoms with Crippen LogP contribution in [0.15, 0.2) is 59.6 Å². The molecule has 2 aromatic carbocycles. The van der Waals surface area contributed by atoms with Gasteiger partial charge in [0.15, 0.2) is 5.17 Å². The van der Waals surface area contributed by atoms with E-state index in [1.54, 1.807) is 0 Å². The molecule has 1 fully saturated rings. The van der Waals surface area contributed by atoms with Gasteiger partial charge in [-0.05, 0) is 35.5 Å². The van der Waals surface area contributed by atoms with E-state index in [9.17, 15) is 4.79 Å². The SMILES string of the molecule is N=C1NC(=O)/C(=C/c2cn(Cc3ccccc3Cl)c3ccccc23)S1. The monoisotopic (exact) mass is 367 g/mol. The highest BCUT2D eigenvalue weighted by molar-refractivity contribution is 8.18. The molecule has 6 heteroatoms. The Morgan fingerprint density at radius 1 is 1.16 bits per heavy atom. The molecule has 1 amide bonds. The lowest BCUT2D eigenvalue weighted by Crippen LogP contribution is -2.18. The molecule has 124 valence electrons. The van der Waals surface area contributed by atoms with E-state index >= 15 is 0 Å². The van der Waals surface area contributed by atoms with E-state index in [1.807, 2.05) is 54.7 Å². The number of hydrogen-bond donors (Lipinski definition) is 2. The van der Waals surface area contributed by atoms with Gasteiger partial charge in [-0.2, -0.15) is 0 Å². The van der Waals surface area contributed by atoms with Crippen molar-refractivity contribution >= 4 is 51.4 Å². The van der Waals surface area contributed by atoms with Gasteiger partial charge in [0.05, 0.1) is 4.91 Å². The maximum absolute atomic E-state index is 11.9. The van der Waals surface area contributed by atoms with Gasteiger partial charge in [0.2, 0.25) is 0 Å². The minimum absolute atomic E-state index is 0.163. The topological polar surface area (TPSA) is 57.9 Å². The van der Waals surface area contributed by atoms with Crippen LogP contribution in [0.4, 0.5) is 0 Å². The maximum Gasteiger partial charge on any atom is 0.264 e. The van der Waals surface area contributed by atoms with E-state index in [4.69, 9.17) is 17.0 Å². The normalized spacial score (nSPS) is 16.0. The van der Waals surface area contributed by atoms with Crippen molar-refractivity contribution in [1.29, 1.82) is 5.41 Å². The van der Waals surface area contributed by atoms with Gasteiger partial charge in [0.1, 0.15) is 0 Å². The van der Waals surface area contributed by atoms with Crippen LogP contribution in [0, 0.1) is 5.41 Å². The van der Waals surface area contributed by atoms with E-state index < -0.39 is 0 Å². The quantitative estimate of drug-likeness (QED) is 0.670. The number of amides is 1. The fraction of sp³-hybridized carbons (Fsp3) is 0.0526. The lowest BCUT2D eigenvalue weighted by atomic mass is 10.1. The Bertz CT molecular complexity index is 1040. The third-order valence-electron chi connectivity index (χ3n) is 4.07. The summed E-state index contributed by atoms with van der Waals surface area (Å²) in [5.74, 6) is -0.224. The van der Waals surface area contributed by atoms with Crippen molar-refractivity contribution < 1.29 is 4.79 Å². The second kappa shape index (κ2) is 6.43. The van der Waals surface area contributed by atoms with Gasteiger partial charge in [-0.15, -0.1) is 0 Å². The number of carbonyl (C=O) groups is 1. The number of halogens is 1. The summed E-state index contributed by atoms with van der Waals surface area (Å²) in [5, 5.41) is 12.1. The highest BCUT2D eigenvalue weighted by Gasteiger charge is 2.23. The molecule has 4 nitrogen and oxygen atoms in total. The lowest BCUT2D eigenvalue weighted by molar-refractivity contribution is -0.115. The molecule has 2 N–H and O–H groups in total. The molecule has 0 spiro atoms. The smallest absolute Gasteiger partial charge is 0.264 e. The summed E-state index contributed by atoms with van der Waals surface area (Å²) in [6, 6.07) is 15.9. The summed E-state index contributed by atoms with van der Waals surface area (Å²) in [5.41, 5.74) is 3.07. The first-order chi connectivity index (χ1) is 12.1. The Labute approximate surface area is 154 Å². The van der Waals surface area contributed by atoms with E-state index in [-0.39, 0.29) is 11.1 Å². The van der Waals surface area contributed by atoms with Crippen LogP contribution in [0.1, 0.15) is 11.1 Å². The van der Waals surface area contributed by atoms with Gasteiger partial charge in [-0.3, -0.25) is 10.2 Å². The van der Waals surface area contributed by atoms with Crippen LogP contribution < -0.4 is 5.32 Å². The number of rotatable bonds is 3. The molecule has 2 heterocycles. The van der Waals surface area contributed by atoms with E-state index in [0.717, 1.165) is 38.8 Å². The van der Waals surface area contributed by atoms with Crippen LogP contribution in [0.5, 0.6) is 0 Å². The molecular weight excluding hydrogens is 354 g/mol. The number of carbonyl (C=O) groups excluding carboxylic acids is 1. The molecule has 1 aliphatic rings. The summed E-state index contributed by atoms with van der Waals surface area (Å²) in [6.45, 7) is 0.651. The molecule has 0 radical (unpaired) electrons. The second-order valence-corrected chi connectivity index (χ2v) is 7.17. The number of aromatic nitrogens is 1. The van der Waals surface area contributed by atoms with Crippen LogP contribution in [0.2, 0.25) is 5.02 Å². The molecule has 0 unspecified atom stereocenters. The van der Waals surface area contributed by atoms with Gasteiger partial charge < -0.3 is 9.88 Å². The molecule has 0 bridgehead atoms. The fourth-order valence-electron chi connectivity index (χ4n) is 2.91. The average molecular weight is 368 g/mol. The number of thioether (sulfide) groups is 1. The van der Waals surface area contributed by atoms with Crippen molar-refractivity contribution in [1.82, 2.24) is 9.88 Å². The maximum atomic E-state index is 11.9. The highest BCUT2D eigenvalue weighted by atomic mass is 35.5. The van der Waals surface area contributed by atoms with Crippen LogP contribution in [0.25, 0.3) is 17.0 Å². The van der Waals surface area contributed by atoms with Gasteiger partial charge in [0.25, 0.3) is 5.91 Å². The molecule has 4 rings (SSSR count). The molecular formula is C19H14ClN3OS. The van der Waals surface area contributed by atoms with Crippen molar-refractivity contribution in [3.05, 3.63) is 75.8 Å². The largest absolute Gasteiger partial charge is 0.342 e. The summed E-state index contributed by atoms with van der Waals surface area (Å²) in [4.78, 5) is 12.4. The van der Waals surface area contributed by atoms with Crippen LogP contribution in [0.3, 0.4) is 0 Å². The average Bonchev–Trinajstić information content (AvgIpc) is 3.10. The predicted molar refractivity (Wildman–Crippen MR) is 104 cm³/mol. The Balaban J connectivity index is 1.79. The molecule has 1 saturated heterocycles. The molecule has 0 saturated carbocycles. The van der Waals surface area contributed by atoms with Gasteiger partial charge in [-0.1, -0.05) is 48.0 Å². The Hall–Kier alpha value is -2.50. The molecule has 25 heavy (non-hydrogen) atoms. The first-order valence-electron chi connectivity index (χ1n) is 7.72. The number of nitrogens with one attached hydrogen (secondary N) is 2. The number of para-hydroxylation sites is 1. The highest BCUT2D eigenvalue weighted by Crippen LogP contribution is 2.30. The Kier molecular flexibility index (Phi) is 4.11. The van der Waals surface area contributed by atoms with Gasteiger partial charge >= 0.3 is 0 Å². The van der Waals surface area contributed by atoms with E-state index in [0.29, 0.717) is 11.4 Å². The van der Waals surface area contributed by atoms with Crippen molar-refractivity contribution in [3.63, 3.8) is 0 Å². The third kappa shape index (κ3) is 3.08. The van der Waals surface area contributed by atoms with E-state index in [1.165, 1.54) is 0 Å². The van der Waals surface area contributed by atoms with Crippen LogP contribution in [-0.2, 0) is 11.3 Å². The number of amidine groups is 1. The zero-order valence-corrected chi connectivity index (χ0v) is 14.7. The molecule has 1 aromatic heterocycles. The number of benzene rings is 2. The first kappa shape index (κ1) is 16.0. The van der Waals surface area contributed by atoms with Gasteiger partial charge in [0, 0.05) is 34.2 Å². The van der Waals surface area contributed by atoms with Crippen LogP contribution in [-0.4, -0.2) is 15.6 Å². The van der Waals surface area contributed by atoms with Crippen molar-refractivity contribution in [2.24, 2.45) is 0 Å². The first-order valence-corrected chi connectivity index (χ1v) is 8.92. The van der Waals surface area contributed by atoms with Crippen LogP contribution >= 0.6 is 23.4 Å². The number of fused-ring (bicyclic) bond motifs is 1. The third-order valence-corrected chi connectivity index (χ3v) is 5.27. The zero-order chi connectivity index (χ0) is 17.4. The minimum atomic E-state index is -0.224. The van der Waals surface area contributed by atoms with Gasteiger partial charge in [-0.25, -0.2) is 0 Å². The number of hydrogen-bond acceptors (Lipinski definition) is 3. The Morgan fingerprint density at radius 2 is 1.92 bits per heavy atom. The molecule has 1 aliphatic heterocycles. The molecule has 3 aromatic rings. The molecule has 0 aliphatic carbocycles. The second-order valence-electron chi connectivity index (χ2n) is 5.71. The number of nitrogens with zero attached hydrogens (tertiary/aromatic N) is 1. The summed E-state index contributed by atoms with van der Waals surface area (Å²) in [6.07, 6.45) is 3.86. The summed E-state index contributed by atoms with van der Waals surface area (Å²) >= 11 is 7.45. The lowest BCUT2D eigenvalue weighted by Gasteiger charge is -2.07. The van der Waals surface area contributed by atoms with Crippen molar-refractivity contribution in [2.45, 2.75) is 6.54 Å². The predicted octanol–water partition coefficient (Wildman–Crippen LogP) is 4.48. The molecule has 0 atom stereocenters. The van der Waals surface area contributed by atoms with Crippen molar-refractivity contribution in [3.8, 4) is 0 Å². The standard InChI is InChI=1S/C19H14ClN3OS/c20-15-7-3-1-5-12(15)10-23-11-13(14-6-2-4-8-16(14)23)9-17-18(24)22-19(21)25-17/h1-9,11H,10H2,(H2,21,22,24)/b17-9-. The summed E-state index contributed by atoms with van der Waals surface area (Å²) in [7, 11) is 0. The van der Waals surface area contributed by atoms with Crippen molar-refractivity contribution in [2.75, 3.05) is 0 Å². The van der Waals surface area contributed by atoms with E-state index in [2.05, 4.69) is 16.0 Å². The fourth-order valence-corrected chi connectivity index (χ4v) is 3.80. The Morgan fingerprint density at radius 3 is 2.68 bits per heavy atom. The summed E-state index contributed by atoms with van der Waals surface area (Å²) < 4.78 is 2.13. The minimum Gasteiger partial charge on any atom is -0.342 e. The zero-order valence-electron chi connectivity index (χ0n) is 13.1.